The summed E-state index contributed by atoms with van der Waals surface area (Å²) in [6.07, 6.45) is 1.96. The molecule has 1 aliphatic rings. The first-order valence-corrected chi connectivity index (χ1v) is 11.5. The molecule has 4 N–H and O–H groups in total. The average molecular weight is 485 g/mol. The smallest absolute Gasteiger partial charge is 0.543 e. The predicted octanol–water partition coefficient (Wildman–Crippen LogP) is -6.26. The molecule has 17 heteroatoms. The van der Waals surface area contributed by atoms with Crippen molar-refractivity contribution in [3.63, 3.8) is 0 Å². The molecule has 3 heterocycles. The Bertz CT molecular complexity index is 1180. The number of primary sulfonamides is 2. The van der Waals surface area contributed by atoms with E-state index in [9.17, 15) is 31.5 Å². The van der Waals surface area contributed by atoms with E-state index in [1.165, 1.54) is 24.8 Å². The summed E-state index contributed by atoms with van der Waals surface area (Å²) in [4.78, 5) is 24.1. The molecule has 0 aliphatic carbocycles. The van der Waals surface area contributed by atoms with Gasteiger partial charge in [0.1, 0.15) is 5.69 Å². The fraction of sp³-hybridized carbons (Fsp3) is 0.429. The van der Waals surface area contributed by atoms with E-state index in [4.69, 9.17) is 10.3 Å². The molecule has 1 amide bonds. The van der Waals surface area contributed by atoms with E-state index >= 15 is 0 Å². The normalized spacial score (nSPS) is 13.9. The van der Waals surface area contributed by atoms with Crippen LogP contribution in [0.3, 0.4) is 0 Å². The standard InChI is InChI=1S/C9H14N4O3S.C5H7N3O4S.Na/c1-12-7(6-8(11-12)17(10,15)16)9(14)13-4-2-3-5-13;1-8-3(5(9)10)2-4(7-8)13(6,11)12;/h6H,2-5H2,1H3,(H2,10,15,16);2H,1H3,(H,9,10)(H2,6,11,12);/q;;+1/p-1. The molecule has 0 saturated carbocycles. The number of nitrogens with zero attached hydrogens (tertiary/aromatic N) is 5. The molecule has 1 saturated heterocycles. The molecule has 0 unspecified atom stereocenters. The summed E-state index contributed by atoms with van der Waals surface area (Å²) in [5, 5.41) is 26.4. The molecule has 3 rings (SSSR count). The van der Waals surface area contributed by atoms with Gasteiger partial charge >= 0.3 is 29.6 Å². The summed E-state index contributed by atoms with van der Waals surface area (Å²) >= 11 is 0. The molecule has 31 heavy (non-hydrogen) atoms. The fourth-order valence-corrected chi connectivity index (χ4v) is 3.66. The largest absolute Gasteiger partial charge is 1.00 e. The molecule has 0 atom stereocenters. The van der Waals surface area contributed by atoms with Crippen LogP contribution in [0, 0.1) is 0 Å². The van der Waals surface area contributed by atoms with Crippen molar-refractivity contribution >= 4 is 31.9 Å². The molecule has 0 radical (unpaired) electrons. The second-order valence-electron chi connectivity index (χ2n) is 6.36. The first-order valence-electron chi connectivity index (χ1n) is 8.36. The summed E-state index contributed by atoms with van der Waals surface area (Å²) in [5.41, 5.74) is -0.0973. The molecule has 0 spiro atoms. The van der Waals surface area contributed by atoms with Gasteiger partial charge in [0, 0.05) is 39.3 Å². The Morgan fingerprint density at radius 2 is 1.29 bits per heavy atom. The van der Waals surface area contributed by atoms with Gasteiger partial charge in [-0.25, -0.2) is 27.1 Å². The number of carbonyl (C=O) groups is 2. The van der Waals surface area contributed by atoms with Crippen LogP contribution in [-0.2, 0) is 34.1 Å². The van der Waals surface area contributed by atoms with Crippen molar-refractivity contribution < 1.29 is 61.1 Å². The van der Waals surface area contributed by atoms with Gasteiger partial charge in [0.05, 0.1) is 11.7 Å². The van der Waals surface area contributed by atoms with Gasteiger partial charge in [-0.05, 0) is 12.8 Å². The monoisotopic (exact) mass is 485 g/mol. The first-order chi connectivity index (χ1) is 13.7. The maximum Gasteiger partial charge on any atom is 1.00 e. The molecule has 2 aromatic rings. The van der Waals surface area contributed by atoms with Crippen molar-refractivity contribution in [2.45, 2.75) is 22.9 Å². The second kappa shape index (κ2) is 10.2. The van der Waals surface area contributed by atoms with Crippen LogP contribution in [0.15, 0.2) is 22.2 Å². The Morgan fingerprint density at radius 3 is 1.61 bits per heavy atom. The van der Waals surface area contributed by atoms with Crippen molar-refractivity contribution in [1.29, 1.82) is 0 Å². The molecule has 1 fully saturated rings. The zero-order chi connectivity index (χ0) is 22.9. The zero-order valence-electron chi connectivity index (χ0n) is 17.0. The molecule has 0 aromatic carbocycles. The quantitative estimate of drug-likeness (QED) is 0.393. The van der Waals surface area contributed by atoms with Crippen LogP contribution >= 0.6 is 0 Å². The maximum absolute atomic E-state index is 12.0. The second-order valence-corrected chi connectivity index (χ2v) is 9.38. The van der Waals surface area contributed by atoms with Gasteiger partial charge in [-0.2, -0.15) is 10.2 Å². The van der Waals surface area contributed by atoms with E-state index in [2.05, 4.69) is 10.2 Å². The van der Waals surface area contributed by atoms with Crippen molar-refractivity contribution in [1.82, 2.24) is 24.5 Å². The Hall–Kier alpha value is -1.82. The van der Waals surface area contributed by atoms with Crippen LogP contribution in [0.5, 0.6) is 0 Å². The summed E-state index contributed by atoms with van der Waals surface area (Å²) in [6.45, 7) is 1.41. The number of carboxylic acids is 1. The van der Waals surface area contributed by atoms with Crippen LogP contribution in [0.2, 0.25) is 0 Å². The Balaban J connectivity index is 0.000000311. The third-order valence-electron chi connectivity index (χ3n) is 4.12. The number of likely N-dealkylation sites (tertiary alicyclic amines) is 1. The minimum Gasteiger partial charge on any atom is -0.543 e. The number of hydrogen-bond acceptors (Lipinski definition) is 9. The van der Waals surface area contributed by atoms with Gasteiger partial charge in [0.2, 0.25) is 0 Å². The van der Waals surface area contributed by atoms with Crippen LogP contribution in [0.4, 0.5) is 0 Å². The van der Waals surface area contributed by atoms with Crippen molar-refractivity contribution in [3.05, 3.63) is 23.5 Å². The van der Waals surface area contributed by atoms with Gasteiger partial charge in [-0.15, -0.1) is 0 Å². The minimum absolute atomic E-state index is 0. The van der Waals surface area contributed by atoms with E-state index in [1.807, 2.05) is 0 Å². The summed E-state index contributed by atoms with van der Waals surface area (Å²) in [6, 6.07) is 2.06. The molecule has 1 aliphatic heterocycles. The Morgan fingerprint density at radius 1 is 0.903 bits per heavy atom. The first kappa shape index (κ1) is 27.2. The number of aryl methyl sites for hydroxylation is 2. The third kappa shape index (κ3) is 6.83. The third-order valence-corrected chi connectivity index (χ3v) is 5.68. The SMILES string of the molecule is Cn1nc(S(N)(=O)=O)cc1C(=O)N1CCCC1.Cn1nc(S(N)(=O)=O)cc1C(=O)[O-].[Na+]. The summed E-state index contributed by atoms with van der Waals surface area (Å²) in [7, 11) is -5.02. The van der Waals surface area contributed by atoms with Crippen molar-refractivity contribution in [3.8, 4) is 0 Å². The average Bonchev–Trinajstić information content (AvgIpc) is 3.32. The fourth-order valence-electron chi connectivity index (χ4n) is 2.63. The molecular formula is C14H20N7NaO7S2. The number of nitrogens with two attached hydrogens (primary N) is 2. The number of amides is 1. The zero-order valence-corrected chi connectivity index (χ0v) is 20.7. The van der Waals surface area contributed by atoms with Crippen LogP contribution in [-0.4, -0.2) is 66.3 Å². The number of carbonyl (C=O) groups excluding carboxylic acids is 2. The Kier molecular flexibility index (Phi) is 8.95. The number of hydrogen-bond donors (Lipinski definition) is 2. The van der Waals surface area contributed by atoms with Crippen molar-refractivity contribution in [2.24, 2.45) is 24.4 Å². The van der Waals surface area contributed by atoms with E-state index in [0.29, 0.717) is 13.1 Å². The molecule has 14 nitrogen and oxygen atoms in total. The van der Waals surface area contributed by atoms with Gasteiger partial charge in [0.15, 0.2) is 10.1 Å². The number of aromatic carboxylic acids is 1. The van der Waals surface area contributed by atoms with E-state index in [1.54, 1.807) is 4.90 Å². The predicted molar refractivity (Wildman–Crippen MR) is 98.6 cm³/mol. The minimum atomic E-state index is -3.96. The number of carboxylic acid groups (broad SMARTS) is 1. The van der Waals surface area contributed by atoms with Gasteiger partial charge in [0.25, 0.3) is 26.0 Å². The summed E-state index contributed by atoms with van der Waals surface area (Å²) in [5.74, 6) is -1.71. The van der Waals surface area contributed by atoms with Crippen LogP contribution in [0.1, 0.15) is 33.8 Å². The van der Waals surface area contributed by atoms with Gasteiger partial charge < -0.3 is 14.8 Å². The van der Waals surface area contributed by atoms with Gasteiger partial charge in [-0.3, -0.25) is 14.2 Å². The van der Waals surface area contributed by atoms with E-state index in [0.717, 1.165) is 23.6 Å². The van der Waals surface area contributed by atoms with Gasteiger partial charge in [-0.1, -0.05) is 0 Å². The van der Waals surface area contributed by atoms with Crippen LogP contribution in [0.25, 0.3) is 0 Å². The molecule has 166 valence electrons. The number of aromatic nitrogens is 4. The Labute approximate surface area is 200 Å². The number of rotatable bonds is 4. The molecule has 0 bridgehead atoms. The van der Waals surface area contributed by atoms with Crippen LogP contribution < -0.4 is 44.9 Å². The number of sulfonamides is 2. The summed E-state index contributed by atoms with van der Waals surface area (Å²) < 4.78 is 45.8. The maximum atomic E-state index is 12.0. The molecular weight excluding hydrogens is 465 g/mol. The van der Waals surface area contributed by atoms with E-state index in [-0.39, 0.29) is 51.9 Å². The van der Waals surface area contributed by atoms with E-state index < -0.39 is 31.0 Å². The van der Waals surface area contributed by atoms with Crippen molar-refractivity contribution in [2.75, 3.05) is 13.1 Å². The molecule has 2 aromatic heterocycles. The topological polar surface area (TPSA) is 216 Å².